The Hall–Kier alpha value is -4.18. The summed E-state index contributed by atoms with van der Waals surface area (Å²) in [6.45, 7) is 3.21. The molecule has 0 radical (unpaired) electrons. The summed E-state index contributed by atoms with van der Waals surface area (Å²) in [6.07, 6.45) is 6.33. The molecule has 1 N–H and O–H groups in total. The Kier molecular flexibility index (Phi) is 5.45. The zero-order valence-corrected chi connectivity index (χ0v) is 19.6. The zero-order chi connectivity index (χ0) is 24.8. The van der Waals surface area contributed by atoms with Crippen molar-refractivity contribution in [3.05, 3.63) is 66.9 Å². The number of anilines is 2. The average Bonchev–Trinajstić information content (AvgIpc) is 3.26. The van der Waals surface area contributed by atoms with Crippen LogP contribution in [0.2, 0.25) is 0 Å². The SMILES string of the molecule is C[C@@H](Oc1cc(-c2cnn(C)c2)cc2ncnc(Nc3c(F)cc4ncccc4c3F)c12)C1COC1. The van der Waals surface area contributed by atoms with Crippen LogP contribution in [0.15, 0.2) is 55.2 Å². The summed E-state index contributed by atoms with van der Waals surface area (Å²) in [6, 6.07) is 8.10. The van der Waals surface area contributed by atoms with E-state index in [0.717, 1.165) is 11.1 Å². The van der Waals surface area contributed by atoms with Crippen molar-refractivity contribution in [2.45, 2.75) is 13.0 Å². The predicted molar refractivity (Wildman–Crippen MR) is 131 cm³/mol. The molecule has 0 spiro atoms. The van der Waals surface area contributed by atoms with E-state index in [0.29, 0.717) is 29.9 Å². The van der Waals surface area contributed by atoms with Crippen molar-refractivity contribution < 1.29 is 18.3 Å². The third-order valence-electron chi connectivity index (χ3n) is 6.42. The van der Waals surface area contributed by atoms with Crippen molar-refractivity contribution in [3.63, 3.8) is 0 Å². The number of hydrogen-bond donors (Lipinski definition) is 1. The molecule has 1 aliphatic rings. The van der Waals surface area contributed by atoms with Gasteiger partial charge in [0.05, 0.1) is 35.8 Å². The Morgan fingerprint density at radius 1 is 1.11 bits per heavy atom. The second-order valence-corrected chi connectivity index (χ2v) is 8.86. The number of benzene rings is 2. The summed E-state index contributed by atoms with van der Waals surface area (Å²) in [7, 11) is 1.84. The van der Waals surface area contributed by atoms with Crippen LogP contribution in [0.25, 0.3) is 32.9 Å². The molecule has 8 nitrogen and oxygen atoms in total. The Balaban J connectivity index is 1.50. The van der Waals surface area contributed by atoms with E-state index in [4.69, 9.17) is 9.47 Å². The molecule has 1 saturated heterocycles. The largest absolute Gasteiger partial charge is 0.489 e. The van der Waals surface area contributed by atoms with Gasteiger partial charge in [0, 0.05) is 42.4 Å². The summed E-state index contributed by atoms with van der Waals surface area (Å²) in [5.74, 6) is -0.562. The van der Waals surface area contributed by atoms with Crippen LogP contribution in [0.1, 0.15) is 6.92 Å². The van der Waals surface area contributed by atoms with Crippen LogP contribution in [0, 0.1) is 17.6 Å². The highest BCUT2D eigenvalue weighted by atomic mass is 19.1. The van der Waals surface area contributed by atoms with Gasteiger partial charge in [0.25, 0.3) is 0 Å². The van der Waals surface area contributed by atoms with E-state index in [1.54, 1.807) is 23.0 Å². The molecule has 0 bridgehead atoms. The molecule has 4 heterocycles. The average molecular weight is 488 g/mol. The van der Waals surface area contributed by atoms with Crippen LogP contribution in [0.3, 0.4) is 0 Å². The molecule has 0 saturated carbocycles. The van der Waals surface area contributed by atoms with Gasteiger partial charge in [-0.1, -0.05) is 0 Å². The van der Waals surface area contributed by atoms with Gasteiger partial charge in [-0.15, -0.1) is 0 Å². The van der Waals surface area contributed by atoms with Crippen LogP contribution >= 0.6 is 0 Å². The topological polar surface area (TPSA) is 87.0 Å². The fraction of sp³-hybridized carbons (Fsp3) is 0.231. The Morgan fingerprint density at radius 2 is 1.97 bits per heavy atom. The molecule has 10 heteroatoms. The van der Waals surface area contributed by atoms with Gasteiger partial charge in [-0.05, 0) is 36.8 Å². The zero-order valence-electron chi connectivity index (χ0n) is 19.6. The minimum absolute atomic E-state index is 0.153. The molecular formula is C26H22F2N6O2. The molecule has 3 aromatic heterocycles. The minimum Gasteiger partial charge on any atom is -0.489 e. The lowest BCUT2D eigenvalue weighted by Crippen LogP contribution is -2.39. The normalized spacial score (nSPS) is 14.7. The molecule has 5 aromatic rings. The van der Waals surface area contributed by atoms with Gasteiger partial charge in [0.1, 0.15) is 29.7 Å². The summed E-state index contributed by atoms with van der Waals surface area (Å²) < 4.78 is 43.7. The first-order valence-corrected chi connectivity index (χ1v) is 11.5. The Bertz CT molecular complexity index is 1600. The third kappa shape index (κ3) is 3.89. The van der Waals surface area contributed by atoms with E-state index in [9.17, 15) is 4.39 Å². The number of aryl methyl sites for hydroxylation is 1. The number of pyridine rings is 1. The molecule has 2 aromatic carbocycles. The van der Waals surface area contributed by atoms with E-state index in [1.807, 2.05) is 32.3 Å². The summed E-state index contributed by atoms with van der Waals surface area (Å²) in [4.78, 5) is 12.8. The van der Waals surface area contributed by atoms with E-state index in [2.05, 4.69) is 25.4 Å². The van der Waals surface area contributed by atoms with E-state index >= 15 is 4.39 Å². The predicted octanol–water partition coefficient (Wildman–Crippen LogP) is 5.01. The fourth-order valence-corrected chi connectivity index (χ4v) is 4.28. The first-order chi connectivity index (χ1) is 17.5. The highest BCUT2D eigenvalue weighted by molar-refractivity contribution is 5.99. The van der Waals surface area contributed by atoms with Crippen molar-refractivity contribution >= 4 is 33.3 Å². The maximum absolute atomic E-state index is 15.3. The van der Waals surface area contributed by atoms with Crippen molar-refractivity contribution in [2.75, 3.05) is 18.5 Å². The minimum atomic E-state index is -0.778. The third-order valence-corrected chi connectivity index (χ3v) is 6.42. The Morgan fingerprint density at radius 3 is 2.72 bits per heavy atom. The van der Waals surface area contributed by atoms with Gasteiger partial charge in [0.15, 0.2) is 11.6 Å². The smallest absolute Gasteiger partial charge is 0.159 e. The number of nitrogens with zero attached hydrogens (tertiary/aromatic N) is 5. The highest BCUT2D eigenvalue weighted by Crippen LogP contribution is 2.38. The maximum Gasteiger partial charge on any atom is 0.159 e. The number of fused-ring (bicyclic) bond motifs is 2. The number of halogens is 2. The van der Waals surface area contributed by atoms with E-state index < -0.39 is 11.6 Å². The molecule has 36 heavy (non-hydrogen) atoms. The van der Waals surface area contributed by atoms with Crippen LogP contribution in [-0.2, 0) is 11.8 Å². The summed E-state index contributed by atoms with van der Waals surface area (Å²) >= 11 is 0. The van der Waals surface area contributed by atoms with Gasteiger partial charge in [-0.3, -0.25) is 9.67 Å². The van der Waals surface area contributed by atoms with Gasteiger partial charge >= 0.3 is 0 Å². The molecule has 6 rings (SSSR count). The number of aromatic nitrogens is 5. The quantitative estimate of drug-likeness (QED) is 0.359. The molecule has 182 valence electrons. The van der Waals surface area contributed by atoms with Gasteiger partial charge in [-0.2, -0.15) is 5.10 Å². The van der Waals surface area contributed by atoms with Crippen LogP contribution < -0.4 is 10.1 Å². The first kappa shape index (κ1) is 22.3. The molecule has 0 aliphatic carbocycles. The Labute approximate surface area is 204 Å². The molecule has 1 aliphatic heterocycles. The lowest BCUT2D eigenvalue weighted by Gasteiger charge is -2.32. The lowest BCUT2D eigenvalue weighted by molar-refractivity contribution is -0.0773. The van der Waals surface area contributed by atoms with Gasteiger partial charge < -0.3 is 14.8 Å². The molecule has 1 atom stereocenters. The summed E-state index contributed by atoms with van der Waals surface area (Å²) in [5, 5.41) is 7.84. The van der Waals surface area contributed by atoms with Crippen molar-refractivity contribution in [2.24, 2.45) is 13.0 Å². The van der Waals surface area contributed by atoms with Crippen LogP contribution in [0.5, 0.6) is 5.75 Å². The molecule has 0 amide bonds. The lowest BCUT2D eigenvalue weighted by atomic mass is 10.0. The summed E-state index contributed by atoms with van der Waals surface area (Å²) in [5.41, 5.74) is 2.20. The highest BCUT2D eigenvalue weighted by Gasteiger charge is 2.28. The monoisotopic (exact) mass is 488 g/mol. The van der Waals surface area contributed by atoms with Crippen molar-refractivity contribution in [1.29, 1.82) is 0 Å². The maximum atomic E-state index is 15.3. The van der Waals surface area contributed by atoms with Crippen LogP contribution in [0.4, 0.5) is 20.3 Å². The second kappa shape index (κ2) is 8.80. The first-order valence-electron chi connectivity index (χ1n) is 11.5. The van der Waals surface area contributed by atoms with E-state index in [-0.39, 0.29) is 34.4 Å². The van der Waals surface area contributed by atoms with Gasteiger partial charge in [0.2, 0.25) is 0 Å². The molecular weight excluding hydrogens is 466 g/mol. The van der Waals surface area contributed by atoms with Gasteiger partial charge in [-0.25, -0.2) is 18.7 Å². The molecule has 1 fully saturated rings. The van der Waals surface area contributed by atoms with Crippen LogP contribution in [-0.4, -0.2) is 44.1 Å². The van der Waals surface area contributed by atoms with E-state index in [1.165, 1.54) is 18.6 Å². The number of ether oxygens (including phenoxy) is 2. The standard InChI is InChI=1S/C26H22F2N6O2/c1-14(17-11-35-12-17)36-22-7-15(16-9-32-34(2)10-16)6-21-23(22)26(31-13-30-21)33-25-19(27)8-20-18(24(25)28)4-3-5-29-20/h3-10,13-14,17H,11-12H2,1-2H3,(H,30,31,33)/t14-/m1/s1. The second-order valence-electron chi connectivity index (χ2n) is 8.86. The molecule has 0 unspecified atom stereocenters. The van der Waals surface area contributed by atoms with Crippen molar-refractivity contribution in [1.82, 2.24) is 24.7 Å². The number of hydrogen-bond acceptors (Lipinski definition) is 7. The van der Waals surface area contributed by atoms with Crippen molar-refractivity contribution in [3.8, 4) is 16.9 Å². The number of nitrogens with one attached hydrogen (secondary N) is 1. The number of rotatable bonds is 6. The fourth-order valence-electron chi connectivity index (χ4n) is 4.28.